The number of hydrogen-bond donors (Lipinski definition) is 1. The molecule has 0 fully saturated rings. The molecule has 4 aromatic heterocycles. The van der Waals surface area contributed by atoms with E-state index in [9.17, 15) is 18.4 Å². The van der Waals surface area contributed by atoms with Gasteiger partial charge in [0.1, 0.15) is 11.9 Å². The molecule has 0 aliphatic rings. The molecule has 0 saturated heterocycles. The Bertz CT molecular complexity index is 1230. The number of aromatic nitrogens is 5. The number of aromatic amines is 1. The summed E-state index contributed by atoms with van der Waals surface area (Å²) in [5.41, 5.74) is 0.655. The first-order chi connectivity index (χ1) is 14.0. The molecule has 4 heterocycles. The zero-order valence-corrected chi connectivity index (χ0v) is 17.8. The Morgan fingerprint density at radius 1 is 1.00 bits per heavy atom. The number of H-pyrrole nitrogens is 1. The predicted octanol–water partition coefficient (Wildman–Crippen LogP) is 2.28. The molecular formula is C20H13F2IrN5O2-2. The standard InChI is InChI=1S/C10H5F2N2.C10H9N3O2.Ir/c11-9-5-4-7(10(12)14-9)8-3-1-2-6-13-8;1-6-8(7-4-2-3-5-11-7)12-10(15)13-9(6)14;/h1-3,5-6H;2-5H,1H3,(H2,12,13,14,15);/q-1;;/p-1. The summed E-state index contributed by atoms with van der Waals surface area (Å²) in [5, 5.41) is 0. The molecule has 4 rings (SSSR count). The summed E-state index contributed by atoms with van der Waals surface area (Å²) in [4.78, 5) is 39.2. The van der Waals surface area contributed by atoms with Gasteiger partial charge in [-0.1, -0.05) is 29.8 Å². The number of hydrogen-bond acceptors (Lipinski definition) is 5. The van der Waals surface area contributed by atoms with E-state index in [2.05, 4.69) is 31.0 Å². The van der Waals surface area contributed by atoms with Crippen molar-refractivity contribution in [2.75, 3.05) is 0 Å². The van der Waals surface area contributed by atoms with Gasteiger partial charge in [0, 0.05) is 32.5 Å². The third-order valence-electron chi connectivity index (χ3n) is 3.71. The van der Waals surface area contributed by atoms with Crippen LogP contribution in [0.25, 0.3) is 22.6 Å². The second-order valence-corrected chi connectivity index (χ2v) is 5.66. The summed E-state index contributed by atoms with van der Waals surface area (Å²) in [6.45, 7) is 1.61. The molecule has 4 aromatic rings. The molecule has 155 valence electrons. The number of nitrogens with one attached hydrogen (secondary N) is 1. The maximum atomic E-state index is 13.1. The van der Waals surface area contributed by atoms with E-state index in [1.807, 2.05) is 0 Å². The van der Waals surface area contributed by atoms with E-state index in [1.54, 1.807) is 49.5 Å². The minimum absolute atomic E-state index is 0. The van der Waals surface area contributed by atoms with E-state index in [1.165, 1.54) is 6.20 Å². The molecule has 0 aliphatic heterocycles. The van der Waals surface area contributed by atoms with Crippen LogP contribution in [0.5, 0.6) is 0 Å². The summed E-state index contributed by atoms with van der Waals surface area (Å²) in [6, 6.07) is 13.7. The molecular weight excluding hydrogens is 572 g/mol. The Hall–Kier alpha value is -3.36. The predicted molar refractivity (Wildman–Crippen MR) is 101 cm³/mol. The van der Waals surface area contributed by atoms with Crippen LogP contribution in [0.1, 0.15) is 5.56 Å². The van der Waals surface area contributed by atoms with Crippen LogP contribution in [0.15, 0.2) is 64.4 Å². The largest absolute Gasteiger partial charge is 0.398 e. The number of halogens is 2. The second-order valence-electron chi connectivity index (χ2n) is 5.66. The van der Waals surface area contributed by atoms with Gasteiger partial charge in [0.2, 0.25) is 0 Å². The van der Waals surface area contributed by atoms with E-state index in [-0.39, 0.29) is 25.7 Å². The Morgan fingerprint density at radius 2 is 1.63 bits per heavy atom. The Kier molecular flexibility index (Phi) is 7.97. The first-order valence-corrected chi connectivity index (χ1v) is 8.30. The zero-order chi connectivity index (χ0) is 20.8. The van der Waals surface area contributed by atoms with E-state index in [0.717, 1.165) is 6.07 Å². The average Bonchev–Trinajstić information content (AvgIpc) is 2.72. The Balaban J connectivity index is 0.000000207. The average molecular weight is 586 g/mol. The summed E-state index contributed by atoms with van der Waals surface area (Å²) in [7, 11) is 0. The molecule has 0 spiro atoms. The van der Waals surface area contributed by atoms with E-state index in [4.69, 9.17) is 0 Å². The molecule has 1 N–H and O–H groups in total. The van der Waals surface area contributed by atoms with E-state index in [0.29, 0.717) is 22.6 Å². The van der Waals surface area contributed by atoms with Crippen LogP contribution in [-0.4, -0.2) is 19.9 Å². The van der Waals surface area contributed by atoms with Crippen molar-refractivity contribution in [3.8, 4) is 22.6 Å². The van der Waals surface area contributed by atoms with Gasteiger partial charge in [0.05, 0.1) is 5.69 Å². The van der Waals surface area contributed by atoms with E-state index < -0.39 is 23.1 Å². The van der Waals surface area contributed by atoms with Crippen LogP contribution in [0.4, 0.5) is 8.78 Å². The maximum Gasteiger partial charge on any atom is 0.174 e. The van der Waals surface area contributed by atoms with Crippen molar-refractivity contribution in [2.45, 2.75) is 6.92 Å². The SMILES string of the molecule is Cc1c(-c2ccccn2)[n-]c(=O)[nH]c1=O.Fc1c[c-]c(-c2ccccn2)c(F)n1.[Ir]. The van der Waals surface area contributed by atoms with Crippen molar-refractivity contribution in [3.05, 3.63) is 99.2 Å². The Labute approximate surface area is 182 Å². The van der Waals surface area contributed by atoms with Crippen molar-refractivity contribution in [1.29, 1.82) is 0 Å². The number of rotatable bonds is 2. The van der Waals surface area contributed by atoms with Gasteiger partial charge in [-0.05, 0) is 42.1 Å². The minimum Gasteiger partial charge on any atom is -0.398 e. The molecule has 0 amide bonds. The maximum absolute atomic E-state index is 13.1. The van der Waals surface area contributed by atoms with Crippen molar-refractivity contribution in [1.82, 2.24) is 24.9 Å². The van der Waals surface area contributed by atoms with Crippen LogP contribution in [-0.2, 0) is 20.1 Å². The van der Waals surface area contributed by atoms with Crippen LogP contribution < -0.4 is 16.2 Å². The third-order valence-corrected chi connectivity index (χ3v) is 3.71. The van der Waals surface area contributed by atoms with Crippen LogP contribution in [0.3, 0.4) is 0 Å². The monoisotopic (exact) mass is 586 g/mol. The third kappa shape index (κ3) is 5.59. The molecule has 0 bridgehead atoms. The van der Waals surface area contributed by atoms with Crippen molar-refractivity contribution in [2.24, 2.45) is 0 Å². The molecule has 10 heteroatoms. The zero-order valence-electron chi connectivity index (χ0n) is 15.4. The molecule has 0 aromatic carbocycles. The Morgan fingerprint density at radius 3 is 2.20 bits per heavy atom. The first kappa shape index (κ1) is 22.9. The summed E-state index contributed by atoms with van der Waals surface area (Å²) in [5.74, 6) is -1.79. The number of nitrogens with zero attached hydrogens (tertiary/aromatic N) is 4. The van der Waals surface area contributed by atoms with Gasteiger partial charge < -0.3 is 15.0 Å². The van der Waals surface area contributed by atoms with Gasteiger partial charge in [-0.25, -0.2) is 8.78 Å². The fraction of sp³-hybridized carbons (Fsp3) is 0.0500. The molecule has 0 atom stereocenters. The van der Waals surface area contributed by atoms with Crippen LogP contribution in [0.2, 0.25) is 0 Å². The van der Waals surface area contributed by atoms with Gasteiger partial charge in [-0.15, -0.1) is 6.07 Å². The number of pyridine rings is 3. The van der Waals surface area contributed by atoms with Gasteiger partial charge in [-0.3, -0.25) is 19.6 Å². The summed E-state index contributed by atoms with van der Waals surface area (Å²) >= 11 is 0. The molecule has 0 aliphatic carbocycles. The first-order valence-electron chi connectivity index (χ1n) is 8.30. The minimum atomic E-state index is -0.899. The quantitative estimate of drug-likeness (QED) is 0.286. The summed E-state index contributed by atoms with van der Waals surface area (Å²) in [6.07, 6.45) is 3.11. The molecule has 7 nitrogen and oxygen atoms in total. The van der Waals surface area contributed by atoms with Gasteiger partial charge in [0.25, 0.3) is 0 Å². The van der Waals surface area contributed by atoms with Crippen molar-refractivity contribution < 1.29 is 28.9 Å². The van der Waals surface area contributed by atoms with Gasteiger partial charge >= 0.3 is 0 Å². The smallest absolute Gasteiger partial charge is 0.174 e. The molecule has 0 saturated carbocycles. The fourth-order valence-electron chi connectivity index (χ4n) is 2.33. The van der Waals surface area contributed by atoms with Gasteiger partial charge in [0.15, 0.2) is 11.2 Å². The van der Waals surface area contributed by atoms with Crippen LogP contribution in [0, 0.1) is 24.9 Å². The summed E-state index contributed by atoms with van der Waals surface area (Å²) < 4.78 is 25.6. The van der Waals surface area contributed by atoms with Crippen molar-refractivity contribution in [3.63, 3.8) is 0 Å². The second kappa shape index (κ2) is 10.4. The molecule has 1 radical (unpaired) electrons. The molecule has 30 heavy (non-hydrogen) atoms. The fourth-order valence-corrected chi connectivity index (χ4v) is 2.33. The van der Waals surface area contributed by atoms with Crippen molar-refractivity contribution >= 4 is 0 Å². The molecule has 0 unspecified atom stereocenters. The van der Waals surface area contributed by atoms with Gasteiger partial charge in [-0.2, -0.15) is 0 Å². The van der Waals surface area contributed by atoms with Crippen LogP contribution >= 0.6 is 0 Å². The van der Waals surface area contributed by atoms with E-state index >= 15 is 0 Å². The topological polar surface area (TPSA) is 103 Å². The normalized spacial score (nSPS) is 9.83.